The van der Waals surface area contributed by atoms with Crippen molar-refractivity contribution in [2.24, 2.45) is 11.8 Å². The molecule has 0 bridgehead atoms. The molecule has 3 N–H and O–H groups in total. The highest BCUT2D eigenvalue weighted by Crippen LogP contribution is 2.29. The van der Waals surface area contributed by atoms with Gasteiger partial charge in [0, 0.05) is 30.6 Å². The highest BCUT2D eigenvalue weighted by molar-refractivity contribution is 5.86. The van der Waals surface area contributed by atoms with Gasteiger partial charge in [0.1, 0.15) is 6.54 Å². The quantitative estimate of drug-likeness (QED) is 0.653. The second-order valence-electron chi connectivity index (χ2n) is 8.04. The van der Waals surface area contributed by atoms with Crippen molar-refractivity contribution in [3.8, 4) is 0 Å². The normalized spacial score (nSPS) is 21.5. The van der Waals surface area contributed by atoms with Crippen molar-refractivity contribution in [1.82, 2.24) is 20.7 Å². The molecular weight excluding hydrogens is 368 g/mol. The maximum absolute atomic E-state index is 12.2. The Balaban J connectivity index is 1.37. The zero-order chi connectivity index (χ0) is 20.8. The number of nitrogens with zero attached hydrogens (tertiary/aromatic N) is 1. The monoisotopic (exact) mass is 398 g/mol. The third-order valence-electron chi connectivity index (χ3n) is 5.97. The number of fused-ring (bicyclic) bond motifs is 1. The lowest BCUT2D eigenvalue weighted by molar-refractivity contribution is -0.130. The molecule has 7 nitrogen and oxygen atoms in total. The standard InChI is InChI=1S/C22H30N4O3/c1-15-6-5-8-18(16(15)2)23-20(27)10-11-21(28)24-25-22(29)14-26-13-12-17-7-3-4-9-19(17)26/h3-4,7,9,12-13,15-16,18H,5-6,8,10-11,14H2,1-2H3,(H,23,27)(H,24,28)(H,25,29)/t15-,16+,18-/m0/s1. The van der Waals surface area contributed by atoms with E-state index in [1.165, 1.54) is 6.42 Å². The summed E-state index contributed by atoms with van der Waals surface area (Å²) < 4.78 is 1.82. The lowest BCUT2D eigenvalue weighted by atomic mass is 9.78. The fourth-order valence-corrected chi connectivity index (χ4v) is 3.97. The van der Waals surface area contributed by atoms with Crippen LogP contribution in [-0.2, 0) is 20.9 Å². The van der Waals surface area contributed by atoms with Gasteiger partial charge in [0.25, 0.3) is 5.91 Å². The lowest BCUT2D eigenvalue weighted by Crippen LogP contribution is -2.45. The Labute approximate surface area is 171 Å². The first kappa shape index (κ1) is 20.9. The zero-order valence-corrected chi connectivity index (χ0v) is 17.1. The van der Waals surface area contributed by atoms with E-state index in [1.54, 1.807) is 0 Å². The van der Waals surface area contributed by atoms with Crippen LogP contribution in [0.3, 0.4) is 0 Å². The van der Waals surface area contributed by atoms with Crippen molar-refractivity contribution in [1.29, 1.82) is 0 Å². The van der Waals surface area contributed by atoms with E-state index in [9.17, 15) is 14.4 Å². The summed E-state index contributed by atoms with van der Waals surface area (Å²) >= 11 is 0. The fraction of sp³-hybridized carbons (Fsp3) is 0.500. The van der Waals surface area contributed by atoms with Crippen LogP contribution in [-0.4, -0.2) is 28.3 Å². The molecule has 1 heterocycles. The Hall–Kier alpha value is -2.83. The Bertz CT molecular complexity index is 876. The number of para-hydroxylation sites is 1. The van der Waals surface area contributed by atoms with Crippen molar-refractivity contribution >= 4 is 28.6 Å². The molecule has 0 saturated heterocycles. The molecule has 0 radical (unpaired) electrons. The van der Waals surface area contributed by atoms with Crippen LogP contribution >= 0.6 is 0 Å². The minimum absolute atomic E-state index is 0.0369. The van der Waals surface area contributed by atoms with Crippen LogP contribution in [0, 0.1) is 11.8 Å². The average Bonchev–Trinajstić information content (AvgIpc) is 3.11. The molecule has 29 heavy (non-hydrogen) atoms. The molecule has 0 aliphatic heterocycles. The van der Waals surface area contributed by atoms with Crippen molar-refractivity contribution in [3.63, 3.8) is 0 Å². The number of amides is 3. The smallest absolute Gasteiger partial charge is 0.258 e. The van der Waals surface area contributed by atoms with Gasteiger partial charge in [-0.15, -0.1) is 0 Å². The first-order chi connectivity index (χ1) is 13.9. The predicted octanol–water partition coefficient (Wildman–Crippen LogP) is 2.51. The van der Waals surface area contributed by atoms with Crippen LogP contribution in [0.5, 0.6) is 0 Å². The Kier molecular flexibility index (Phi) is 6.90. The lowest BCUT2D eigenvalue weighted by Gasteiger charge is -2.34. The van der Waals surface area contributed by atoms with E-state index in [-0.39, 0.29) is 43.1 Å². The number of carbonyl (C=O) groups is 3. The van der Waals surface area contributed by atoms with E-state index in [4.69, 9.17) is 0 Å². The summed E-state index contributed by atoms with van der Waals surface area (Å²) in [7, 11) is 0. The zero-order valence-electron chi connectivity index (χ0n) is 17.1. The molecule has 1 aromatic heterocycles. The molecule has 3 rings (SSSR count). The van der Waals surface area contributed by atoms with Crippen molar-refractivity contribution in [2.45, 2.75) is 58.5 Å². The van der Waals surface area contributed by atoms with E-state index in [1.807, 2.05) is 41.1 Å². The van der Waals surface area contributed by atoms with Gasteiger partial charge in [-0.05, 0) is 35.8 Å². The molecule has 0 spiro atoms. The number of hydrazine groups is 1. The molecule has 156 valence electrons. The van der Waals surface area contributed by atoms with Crippen molar-refractivity contribution < 1.29 is 14.4 Å². The molecule has 1 fully saturated rings. The van der Waals surface area contributed by atoms with Crippen LogP contribution in [0.15, 0.2) is 36.5 Å². The molecule has 1 aliphatic rings. The van der Waals surface area contributed by atoms with Gasteiger partial charge in [-0.25, -0.2) is 0 Å². The second-order valence-corrected chi connectivity index (χ2v) is 8.04. The van der Waals surface area contributed by atoms with Crippen LogP contribution < -0.4 is 16.2 Å². The van der Waals surface area contributed by atoms with Crippen LogP contribution in [0.2, 0.25) is 0 Å². The van der Waals surface area contributed by atoms with Gasteiger partial charge >= 0.3 is 0 Å². The molecular formula is C22H30N4O3. The van der Waals surface area contributed by atoms with E-state index in [2.05, 4.69) is 30.0 Å². The SMILES string of the molecule is C[C@H]1[C@@H](NC(=O)CCC(=O)NNC(=O)Cn2ccc3ccccc32)CCC[C@@H]1C. The molecule has 7 heteroatoms. The van der Waals surface area contributed by atoms with E-state index < -0.39 is 0 Å². The van der Waals surface area contributed by atoms with Crippen LogP contribution in [0.25, 0.3) is 10.9 Å². The molecule has 1 saturated carbocycles. The summed E-state index contributed by atoms with van der Waals surface area (Å²) in [6.45, 7) is 4.49. The second kappa shape index (κ2) is 9.58. The van der Waals surface area contributed by atoms with E-state index in [0.717, 1.165) is 23.7 Å². The van der Waals surface area contributed by atoms with Gasteiger partial charge in [0.15, 0.2) is 0 Å². The summed E-state index contributed by atoms with van der Waals surface area (Å²) in [6.07, 6.45) is 5.31. The predicted molar refractivity (Wildman–Crippen MR) is 112 cm³/mol. The minimum Gasteiger partial charge on any atom is -0.353 e. The summed E-state index contributed by atoms with van der Waals surface area (Å²) in [5, 5.41) is 4.11. The summed E-state index contributed by atoms with van der Waals surface area (Å²) in [5.74, 6) is 0.233. The first-order valence-corrected chi connectivity index (χ1v) is 10.3. The van der Waals surface area contributed by atoms with Gasteiger partial charge in [-0.1, -0.05) is 44.9 Å². The Morgan fingerprint density at radius 3 is 2.52 bits per heavy atom. The molecule has 3 amide bonds. The minimum atomic E-state index is -0.379. The molecule has 1 aliphatic carbocycles. The summed E-state index contributed by atoms with van der Waals surface area (Å²) in [6, 6.07) is 9.90. The maximum atomic E-state index is 12.2. The number of nitrogens with one attached hydrogen (secondary N) is 3. The van der Waals surface area contributed by atoms with E-state index in [0.29, 0.717) is 11.8 Å². The number of benzene rings is 1. The number of carbonyl (C=O) groups excluding carboxylic acids is 3. The molecule has 0 unspecified atom stereocenters. The van der Waals surface area contributed by atoms with Crippen LogP contribution in [0.4, 0.5) is 0 Å². The average molecular weight is 399 g/mol. The molecule has 1 aromatic carbocycles. The Morgan fingerprint density at radius 1 is 0.966 bits per heavy atom. The van der Waals surface area contributed by atoms with Crippen LogP contribution in [0.1, 0.15) is 46.0 Å². The third kappa shape index (κ3) is 5.59. The number of rotatable bonds is 6. The van der Waals surface area contributed by atoms with Crippen molar-refractivity contribution in [2.75, 3.05) is 0 Å². The largest absolute Gasteiger partial charge is 0.353 e. The van der Waals surface area contributed by atoms with E-state index >= 15 is 0 Å². The van der Waals surface area contributed by atoms with Gasteiger partial charge in [-0.3, -0.25) is 25.2 Å². The van der Waals surface area contributed by atoms with Gasteiger partial charge in [0.05, 0.1) is 0 Å². The topological polar surface area (TPSA) is 92.2 Å². The first-order valence-electron chi connectivity index (χ1n) is 10.3. The summed E-state index contributed by atoms with van der Waals surface area (Å²) in [4.78, 5) is 36.2. The fourth-order valence-electron chi connectivity index (χ4n) is 3.97. The number of aromatic nitrogens is 1. The number of hydrogen-bond acceptors (Lipinski definition) is 3. The maximum Gasteiger partial charge on any atom is 0.258 e. The highest BCUT2D eigenvalue weighted by atomic mass is 16.2. The van der Waals surface area contributed by atoms with Gasteiger partial charge in [0.2, 0.25) is 11.8 Å². The summed E-state index contributed by atoms with van der Waals surface area (Å²) in [5.41, 5.74) is 5.75. The van der Waals surface area contributed by atoms with Gasteiger partial charge in [-0.2, -0.15) is 0 Å². The van der Waals surface area contributed by atoms with Crippen molar-refractivity contribution in [3.05, 3.63) is 36.5 Å². The molecule has 3 atom stereocenters. The Morgan fingerprint density at radius 2 is 1.69 bits per heavy atom. The third-order valence-corrected chi connectivity index (χ3v) is 5.97. The highest BCUT2D eigenvalue weighted by Gasteiger charge is 2.28. The number of hydrogen-bond donors (Lipinski definition) is 3. The van der Waals surface area contributed by atoms with Gasteiger partial charge < -0.3 is 9.88 Å². The molecule has 2 aromatic rings.